The van der Waals surface area contributed by atoms with Crippen LogP contribution in [0.3, 0.4) is 0 Å². The SMILES string of the molecule is CN=C(NCCc1ccccc1)N(C)Cc1ccccc1OC. The topological polar surface area (TPSA) is 36.9 Å². The number of para-hydroxylation sites is 1. The molecule has 2 aromatic rings. The van der Waals surface area contributed by atoms with Crippen molar-refractivity contribution in [2.45, 2.75) is 13.0 Å². The molecule has 0 fully saturated rings. The molecule has 0 heterocycles. The van der Waals surface area contributed by atoms with Crippen molar-refractivity contribution < 1.29 is 4.74 Å². The van der Waals surface area contributed by atoms with E-state index in [9.17, 15) is 0 Å². The van der Waals surface area contributed by atoms with Gasteiger partial charge in [0.1, 0.15) is 5.75 Å². The van der Waals surface area contributed by atoms with Gasteiger partial charge in [-0.3, -0.25) is 4.99 Å². The fourth-order valence-electron chi connectivity index (χ4n) is 2.51. The first-order valence-corrected chi connectivity index (χ1v) is 7.82. The summed E-state index contributed by atoms with van der Waals surface area (Å²) in [5, 5.41) is 3.41. The molecule has 2 aromatic carbocycles. The third kappa shape index (κ3) is 5.02. The molecule has 0 spiro atoms. The summed E-state index contributed by atoms with van der Waals surface area (Å²) in [4.78, 5) is 6.46. The molecule has 0 aliphatic heterocycles. The molecule has 0 atom stereocenters. The van der Waals surface area contributed by atoms with Crippen LogP contribution in [0, 0.1) is 0 Å². The summed E-state index contributed by atoms with van der Waals surface area (Å²) in [5.41, 5.74) is 2.46. The van der Waals surface area contributed by atoms with Crippen LogP contribution in [-0.4, -0.2) is 38.6 Å². The van der Waals surface area contributed by atoms with Crippen LogP contribution in [0.4, 0.5) is 0 Å². The number of aliphatic imine (C=N–C) groups is 1. The molecular weight excluding hydrogens is 286 g/mol. The first-order chi connectivity index (χ1) is 11.2. The number of nitrogens with zero attached hydrogens (tertiary/aromatic N) is 2. The molecule has 4 heteroatoms. The maximum atomic E-state index is 5.41. The predicted octanol–water partition coefficient (Wildman–Crippen LogP) is 2.95. The molecule has 0 aliphatic carbocycles. The lowest BCUT2D eigenvalue weighted by Crippen LogP contribution is -2.39. The largest absolute Gasteiger partial charge is 0.496 e. The van der Waals surface area contributed by atoms with E-state index in [2.05, 4.69) is 45.5 Å². The van der Waals surface area contributed by atoms with Gasteiger partial charge in [0, 0.05) is 32.7 Å². The number of hydrogen-bond acceptors (Lipinski definition) is 2. The van der Waals surface area contributed by atoms with Crippen molar-refractivity contribution in [3.05, 3.63) is 65.7 Å². The summed E-state index contributed by atoms with van der Waals surface area (Å²) in [6, 6.07) is 18.5. The normalized spacial score (nSPS) is 11.2. The molecular formula is C19H25N3O. The first-order valence-electron chi connectivity index (χ1n) is 7.82. The van der Waals surface area contributed by atoms with Crippen molar-refractivity contribution in [2.24, 2.45) is 4.99 Å². The molecule has 4 nitrogen and oxygen atoms in total. The molecule has 1 N–H and O–H groups in total. The van der Waals surface area contributed by atoms with E-state index in [1.54, 1.807) is 7.11 Å². The van der Waals surface area contributed by atoms with Crippen molar-refractivity contribution in [3.8, 4) is 5.75 Å². The van der Waals surface area contributed by atoms with Gasteiger partial charge in [0.15, 0.2) is 5.96 Å². The van der Waals surface area contributed by atoms with E-state index in [0.717, 1.165) is 36.8 Å². The van der Waals surface area contributed by atoms with Crippen molar-refractivity contribution in [3.63, 3.8) is 0 Å². The second-order valence-corrected chi connectivity index (χ2v) is 5.38. The van der Waals surface area contributed by atoms with Crippen LogP contribution < -0.4 is 10.1 Å². The maximum absolute atomic E-state index is 5.41. The average molecular weight is 311 g/mol. The molecule has 23 heavy (non-hydrogen) atoms. The minimum absolute atomic E-state index is 0.745. The van der Waals surface area contributed by atoms with Crippen LogP contribution in [0.15, 0.2) is 59.6 Å². The standard InChI is InChI=1S/C19H25N3O/c1-20-19(21-14-13-16-9-5-4-6-10-16)22(2)15-17-11-7-8-12-18(17)23-3/h4-12H,13-15H2,1-3H3,(H,20,21). The molecule has 0 unspecified atom stereocenters. The number of ether oxygens (including phenoxy) is 1. The molecule has 0 radical (unpaired) electrons. The highest BCUT2D eigenvalue weighted by atomic mass is 16.5. The average Bonchev–Trinajstić information content (AvgIpc) is 2.60. The molecule has 2 rings (SSSR count). The van der Waals surface area contributed by atoms with Crippen LogP contribution >= 0.6 is 0 Å². The summed E-state index contributed by atoms with van der Waals surface area (Å²) >= 11 is 0. The lowest BCUT2D eigenvalue weighted by Gasteiger charge is -2.23. The summed E-state index contributed by atoms with van der Waals surface area (Å²) in [6.07, 6.45) is 0.975. The zero-order chi connectivity index (χ0) is 16.5. The molecule has 122 valence electrons. The lowest BCUT2D eigenvalue weighted by molar-refractivity contribution is 0.396. The molecule has 0 bridgehead atoms. The second-order valence-electron chi connectivity index (χ2n) is 5.38. The number of guanidine groups is 1. The van der Waals surface area contributed by atoms with Gasteiger partial charge in [-0.25, -0.2) is 0 Å². The van der Waals surface area contributed by atoms with E-state index in [-0.39, 0.29) is 0 Å². The third-order valence-electron chi connectivity index (χ3n) is 3.71. The maximum Gasteiger partial charge on any atom is 0.193 e. The highest BCUT2D eigenvalue weighted by Gasteiger charge is 2.09. The Morgan fingerprint density at radius 1 is 1.09 bits per heavy atom. The van der Waals surface area contributed by atoms with Gasteiger partial charge in [-0.2, -0.15) is 0 Å². The van der Waals surface area contributed by atoms with Crippen molar-refractivity contribution >= 4 is 5.96 Å². The van der Waals surface area contributed by atoms with Gasteiger partial charge < -0.3 is 15.0 Å². The van der Waals surface area contributed by atoms with E-state index in [1.807, 2.05) is 38.4 Å². The minimum Gasteiger partial charge on any atom is -0.496 e. The zero-order valence-corrected chi connectivity index (χ0v) is 14.1. The Bertz CT molecular complexity index is 626. The zero-order valence-electron chi connectivity index (χ0n) is 14.1. The Kier molecular flexibility index (Phi) is 6.48. The Balaban J connectivity index is 1.90. The quantitative estimate of drug-likeness (QED) is 0.658. The van der Waals surface area contributed by atoms with Gasteiger partial charge in [0.05, 0.1) is 7.11 Å². The van der Waals surface area contributed by atoms with Crippen molar-refractivity contribution in [1.82, 2.24) is 10.2 Å². The molecule has 0 aliphatic rings. The summed E-state index contributed by atoms with van der Waals surface area (Å²) in [7, 11) is 5.54. The van der Waals surface area contributed by atoms with Gasteiger partial charge in [0.25, 0.3) is 0 Å². The van der Waals surface area contributed by atoms with Gasteiger partial charge >= 0.3 is 0 Å². The Hall–Kier alpha value is -2.49. The number of benzene rings is 2. The highest BCUT2D eigenvalue weighted by Crippen LogP contribution is 2.18. The number of hydrogen-bond donors (Lipinski definition) is 1. The molecule has 0 saturated heterocycles. The lowest BCUT2D eigenvalue weighted by atomic mass is 10.1. The summed E-state index contributed by atoms with van der Waals surface area (Å²) in [6.45, 7) is 1.60. The van der Waals surface area contributed by atoms with Crippen molar-refractivity contribution in [2.75, 3.05) is 27.7 Å². The van der Waals surface area contributed by atoms with Crippen LogP contribution in [0.2, 0.25) is 0 Å². The number of methoxy groups -OCH3 is 1. The fraction of sp³-hybridized carbons (Fsp3) is 0.316. The predicted molar refractivity (Wildman–Crippen MR) is 96.0 cm³/mol. The summed E-state index contributed by atoms with van der Waals surface area (Å²) < 4.78 is 5.41. The fourth-order valence-corrected chi connectivity index (χ4v) is 2.51. The number of rotatable bonds is 6. The van der Waals surface area contributed by atoms with Crippen LogP contribution in [0.25, 0.3) is 0 Å². The Morgan fingerprint density at radius 2 is 1.78 bits per heavy atom. The van der Waals surface area contributed by atoms with Gasteiger partial charge in [-0.15, -0.1) is 0 Å². The number of nitrogens with one attached hydrogen (secondary N) is 1. The van der Waals surface area contributed by atoms with E-state index in [1.165, 1.54) is 5.56 Å². The second kappa shape index (κ2) is 8.83. The van der Waals surface area contributed by atoms with E-state index < -0.39 is 0 Å². The summed E-state index contributed by atoms with van der Waals surface area (Å²) in [5.74, 6) is 1.78. The van der Waals surface area contributed by atoms with E-state index >= 15 is 0 Å². The minimum atomic E-state index is 0.745. The van der Waals surface area contributed by atoms with Crippen LogP contribution in [-0.2, 0) is 13.0 Å². The first kappa shape index (κ1) is 16.9. The van der Waals surface area contributed by atoms with Gasteiger partial charge in [-0.1, -0.05) is 48.5 Å². The molecule has 0 aromatic heterocycles. The Labute approximate surface area is 138 Å². The van der Waals surface area contributed by atoms with Crippen LogP contribution in [0.5, 0.6) is 5.75 Å². The van der Waals surface area contributed by atoms with Crippen molar-refractivity contribution in [1.29, 1.82) is 0 Å². The van der Waals surface area contributed by atoms with E-state index in [0.29, 0.717) is 0 Å². The van der Waals surface area contributed by atoms with Gasteiger partial charge in [0.2, 0.25) is 0 Å². The van der Waals surface area contributed by atoms with Crippen LogP contribution in [0.1, 0.15) is 11.1 Å². The van der Waals surface area contributed by atoms with E-state index in [4.69, 9.17) is 4.74 Å². The molecule has 0 amide bonds. The monoisotopic (exact) mass is 311 g/mol. The Morgan fingerprint density at radius 3 is 2.48 bits per heavy atom. The third-order valence-corrected chi connectivity index (χ3v) is 3.71. The van der Waals surface area contributed by atoms with Gasteiger partial charge in [-0.05, 0) is 18.1 Å². The smallest absolute Gasteiger partial charge is 0.193 e. The highest BCUT2D eigenvalue weighted by molar-refractivity contribution is 5.79. The molecule has 0 saturated carbocycles.